The van der Waals surface area contributed by atoms with Gasteiger partial charge in [-0.15, -0.1) is 0 Å². The van der Waals surface area contributed by atoms with Gasteiger partial charge in [-0.2, -0.15) is 5.10 Å². The van der Waals surface area contributed by atoms with Crippen molar-refractivity contribution in [2.75, 3.05) is 7.05 Å². The van der Waals surface area contributed by atoms with Gasteiger partial charge in [0.1, 0.15) is 12.4 Å². The van der Waals surface area contributed by atoms with Crippen LogP contribution in [0.3, 0.4) is 0 Å². The number of para-hydroxylation sites is 2. The molecule has 6 heteroatoms. The number of hydrogen-bond acceptors (Lipinski definition) is 4. The molecule has 0 bridgehead atoms. The van der Waals surface area contributed by atoms with Gasteiger partial charge in [0.05, 0.1) is 23.4 Å². The number of carbonyl (C=O) groups is 1. The third-order valence-corrected chi connectivity index (χ3v) is 4.39. The summed E-state index contributed by atoms with van der Waals surface area (Å²) in [5.41, 5.74) is 2.85. The number of fused-ring (bicyclic) bond motifs is 1. The maximum atomic E-state index is 12.7. The number of ether oxygens (including phenoxy) is 1. The van der Waals surface area contributed by atoms with E-state index in [1.165, 1.54) is 0 Å². The molecule has 1 N–H and O–H groups in total. The van der Waals surface area contributed by atoms with Crippen LogP contribution in [0.4, 0.5) is 0 Å². The molecule has 6 nitrogen and oxygen atoms in total. The third kappa shape index (κ3) is 4.01. The largest absolute Gasteiger partial charge is 0.487 e. The molecule has 0 aliphatic heterocycles. The molecule has 0 aliphatic carbocycles. The van der Waals surface area contributed by atoms with Crippen molar-refractivity contribution in [1.82, 2.24) is 20.1 Å². The smallest absolute Gasteiger partial charge is 0.274 e. The molecule has 0 aliphatic rings. The van der Waals surface area contributed by atoms with Gasteiger partial charge in [-0.3, -0.25) is 14.9 Å². The van der Waals surface area contributed by atoms with E-state index in [9.17, 15) is 4.79 Å². The predicted molar refractivity (Wildman–Crippen MR) is 107 cm³/mol. The highest BCUT2D eigenvalue weighted by molar-refractivity contribution is 5.92. The van der Waals surface area contributed by atoms with Crippen LogP contribution in [0.2, 0.25) is 0 Å². The van der Waals surface area contributed by atoms with Gasteiger partial charge in [-0.1, -0.05) is 42.5 Å². The number of rotatable bonds is 6. The molecule has 2 heterocycles. The number of amides is 1. The van der Waals surface area contributed by atoms with Gasteiger partial charge in [0.15, 0.2) is 5.69 Å². The Bertz CT molecular complexity index is 1090. The Kier molecular flexibility index (Phi) is 5.01. The lowest BCUT2D eigenvalue weighted by molar-refractivity contribution is 0.0777. The number of hydrogen-bond donors (Lipinski definition) is 1. The quantitative estimate of drug-likeness (QED) is 0.559. The minimum atomic E-state index is -0.169. The molecule has 4 aromatic rings. The summed E-state index contributed by atoms with van der Waals surface area (Å²) in [4.78, 5) is 18.9. The molecule has 0 unspecified atom stereocenters. The van der Waals surface area contributed by atoms with Crippen molar-refractivity contribution in [1.29, 1.82) is 0 Å². The van der Waals surface area contributed by atoms with Crippen LogP contribution in [-0.2, 0) is 13.2 Å². The number of pyridine rings is 1. The van der Waals surface area contributed by atoms with E-state index in [-0.39, 0.29) is 5.91 Å². The van der Waals surface area contributed by atoms with Crippen molar-refractivity contribution in [2.45, 2.75) is 13.2 Å². The van der Waals surface area contributed by atoms with Gasteiger partial charge in [0, 0.05) is 12.4 Å². The van der Waals surface area contributed by atoms with Crippen LogP contribution in [0.1, 0.15) is 21.9 Å². The van der Waals surface area contributed by atoms with Crippen molar-refractivity contribution in [2.24, 2.45) is 0 Å². The summed E-state index contributed by atoms with van der Waals surface area (Å²) in [5, 5.41) is 8.07. The minimum Gasteiger partial charge on any atom is -0.487 e. The SMILES string of the molecule is CN(Cc1ccc2ccccc2n1)C(=O)c1cc(COc2ccccc2)[nH]n1. The van der Waals surface area contributed by atoms with Crippen molar-refractivity contribution in [3.63, 3.8) is 0 Å². The first-order valence-corrected chi connectivity index (χ1v) is 9.01. The Morgan fingerprint density at radius 2 is 1.82 bits per heavy atom. The Balaban J connectivity index is 1.40. The molecule has 0 saturated heterocycles. The highest BCUT2D eigenvalue weighted by Crippen LogP contribution is 2.14. The number of aromatic nitrogens is 3. The Labute approximate surface area is 162 Å². The van der Waals surface area contributed by atoms with E-state index in [2.05, 4.69) is 15.2 Å². The maximum absolute atomic E-state index is 12.7. The van der Waals surface area contributed by atoms with Gasteiger partial charge in [-0.05, 0) is 30.3 Å². The second-order valence-electron chi connectivity index (χ2n) is 6.54. The Hall–Kier alpha value is -3.67. The first-order chi connectivity index (χ1) is 13.7. The number of nitrogens with one attached hydrogen (secondary N) is 1. The lowest BCUT2D eigenvalue weighted by Gasteiger charge is -2.15. The molecule has 0 saturated carbocycles. The van der Waals surface area contributed by atoms with Crippen LogP contribution in [-0.4, -0.2) is 33.0 Å². The average Bonchev–Trinajstić information content (AvgIpc) is 3.21. The van der Waals surface area contributed by atoms with Crippen molar-refractivity contribution < 1.29 is 9.53 Å². The van der Waals surface area contributed by atoms with Crippen molar-refractivity contribution in [3.05, 3.63) is 89.9 Å². The van der Waals surface area contributed by atoms with E-state index in [1.54, 1.807) is 18.0 Å². The zero-order chi connectivity index (χ0) is 19.3. The van der Waals surface area contributed by atoms with E-state index in [0.717, 1.165) is 28.0 Å². The fourth-order valence-corrected chi connectivity index (χ4v) is 2.93. The molecule has 0 fully saturated rings. The second-order valence-corrected chi connectivity index (χ2v) is 6.54. The monoisotopic (exact) mass is 372 g/mol. The van der Waals surface area contributed by atoms with Gasteiger partial charge >= 0.3 is 0 Å². The Morgan fingerprint density at radius 3 is 2.68 bits per heavy atom. The molecular formula is C22H20N4O2. The lowest BCUT2D eigenvalue weighted by Crippen LogP contribution is -2.27. The summed E-state index contributed by atoms with van der Waals surface area (Å²) in [6, 6.07) is 23.1. The highest BCUT2D eigenvalue weighted by atomic mass is 16.5. The topological polar surface area (TPSA) is 71.1 Å². The number of nitrogens with zero attached hydrogens (tertiary/aromatic N) is 3. The van der Waals surface area contributed by atoms with Gasteiger partial charge in [0.25, 0.3) is 5.91 Å². The summed E-state index contributed by atoms with van der Waals surface area (Å²) in [5.74, 6) is 0.599. The van der Waals surface area contributed by atoms with E-state index in [0.29, 0.717) is 18.8 Å². The molecule has 0 spiro atoms. The van der Waals surface area contributed by atoms with Crippen LogP contribution in [0.5, 0.6) is 5.75 Å². The normalized spacial score (nSPS) is 10.8. The van der Waals surface area contributed by atoms with Crippen LogP contribution in [0.25, 0.3) is 10.9 Å². The minimum absolute atomic E-state index is 0.169. The molecule has 0 radical (unpaired) electrons. The molecule has 4 rings (SSSR count). The maximum Gasteiger partial charge on any atom is 0.274 e. The standard InChI is InChI=1S/C22H20N4O2/c1-26(14-17-12-11-16-7-5-6-10-20(16)23-17)22(27)21-13-18(24-25-21)15-28-19-8-3-2-4-9-19/h2-13H,14-15H2,1H3,(H,24,25). The van der Waals surface area contributed by atoms with Gasteiger partial charge in [0.2, 0.25) is 0 Å². The van der Waals surface area contributed by atoms with Gasteiger partial charge in [-0.25, -0.2) is 0 Å². The third-order valence-electron chi connectivity index (χ3n) is 4.39. The molecule has 28 heavy (non-hydrogen) atoms. The Morgan fingerprint density at radius 1 is 1.04 bits per heavy atom. The van der Waals surface area contributed by atoms with Gasteiger partial charge < -0.3 is 9.64 Å². The summed E-state index contributed by atoms with van der Waals surface area (Å²) >= 11 is 0. The molecule has 2 aromatic heterocycles. The van der Waals surface area contributed by atoms with Crippen LogP contribution in [0, 0.1) is 0 Å². The predicted octanol–water partition coefficient (Wildman–Crippen LogP) is 3.81. The summed E-state index contributed by atoms with van der Waals surface area (Å²) in [6.07, 6.45) is 0. The fraction of sp³-hybridized carbons (Fsp3) is 0.136. The van der Waals surface area contributed by atoms with E-state index >= 15 is 0 Å². The number of aromatic amines is 1. The number of benzene rings is 2. The van der Waals surface area contributed by atoms with Crippen LogP contribution < -0.4 is 4.74 Å². The second kappa shape index (κ2) is 7.92. The average molecular weight is 372 g/mol. The molecule has 0 atom stereocenters. The highest BCUT2D eigenvalue weighted by Gasteiger charge is 2.16. The first-order valence-electron chi connectivity index (χ1n) is 9.01. The zero-order valence-corrected chi connectivity index (χ0v) is 15.5. The first kappa shape index (κ1) is 17.7. The van der Waals surface area contributed by atoms with Crippen LogP contribution >= 0.6 is 0 Å². The van der Waals surface area contributed by atoms with E-state index < -0.39 is 0 Å². The number of H-pyrrole nitrogens is 1. The molecule has 2 aromatic carbocycles. The van der Waals surface area contributed by atoms with Crippen molar-refractivity contribution in [3.8, 4) is 5.75 Å². The molecular weight excluding hydrogens is 352 g/mol. The fourth-order valence-electron chi connectivity index (χ4n) is 2.93. The molecule has 140 valence electrons. The summed E-state index contributed by atoms with van der Waals surface area (Å²) in [6.45, 7) is 0.729. The summed E-state index contributed by atoms with van der Waals surface area (Å²) in [7, 11) is 1.74. The summed E-state index contributed by atoms with van der Waals surface area (Å²) < 4.78 is 5.68. The lowest BCUT2D eigenvalue weighted by atomic mass is 10.2. The van der Waals surface area contributed by atoms with Crippen molar-refractivity contribution >= 4 is 16.8 Å². The zero-order valence-electron chi connectivity index (χ0n) is 15.5. The van der Waals surface area contributed by atoms with E-state index in [4.69, 9.17) is 4.74 Å². The van der Waals surface area contributed by atoms with Crippen LogP contribution in [0.15, 0.2) is 72.8 Å². The van der Waals surface area contributed by atoms with E-state index in [1.807, 2.05) is 66.7 Å². The molecule has 1 amide bonds. The number of carbonyl (C=O) groups excluding carboxylic acids is 1.